The first kappa shape index (κ1) is 13.9. The molecule has 0 aliphatic carbocycles. The van der Waals surface area contributed by atoms with Gasteiger partial charge in [-0.15, -0.1) is 0 Å². The predicted octanol–water partition coefficient (Wildman–Crippen LogP) is 4.29. The van der Waals surface area contributed by atoms with E-state index in [-0.39, 0.29) is 5.78 Å². The molecule has 108 valence electrons. The Kier molecular flexibility index (Phi) is 3.88. The van der Waals surface area contributed by atoms with Crippen LogP contribution in [0.4, 0.5) is 5.69 Å². The minimum absolute atomic E-state index is 0.00799. The van der Waals surface area contributed by atoms with Gasteiger partial charge in [0.2, 0.25) is 0 Å². The number of para-hydroxylation sites is 2. The van der Waals surface area contributed by atoms with E-state index in [2.05, 4.69) is 0 Å². The lowest BCUT2D eigenvalue weighted by Gasteiger charge is -2.08. The summed E-state index contributed by atoms with van der Waals surface area (Å²) in [6.45, 7) is 0. The standard InChI is InChI=1S/C19H15NO2/c20-17-8-4-5-9-18(17)22-16-12-10-15(11-13-16)19(21)14-6-2-1-3-7-14/h1-13H,20H2. The molecule has 0 spiro atoms. The zero-order valence-corrected chi connectivity index (χ0v) is 11.9. The molecular weight excluding hydrogens is 274 g/mol. The Labute approximate surface area is 129 Å². The van der Waals surface area contributed by atoms with Gasteiger partial charge in [-0.05, 0) is 36.4 Å². The van der Waals surface area contributed by atoms with Gasteiger partial charge in [-0.3, -0.25) is 4.79 Å². The molecule has 3 aromatic rings. The highest BCUT2D eigenvalue weighted by Gasteiger charge is 2.08. The van der Waals surface area contributed by atoms with E-state index in [1.807, 2.05) is 30.3 Å². The van der Waals surface area contributed by atoms with Crippen LogP contribution in [0.25, 0.3) is 0 Å². The maximum Gasteiger partial charge on any atom is 0.193 e. The summed E-state index contributed by atoms with van der Waals surface area (Å²) in [6, 6.07) is 23.5. The largest absolute Gasteiger partial charge is 0.455 e. The van der Waals surface area contributed by atoms with E-state index in [1.165, 1.54) is 0 Å². The van der Waals surface area contributed by atoms with Gasteiger partial charge in [-0.25, -0.2) is 0 Å². The van der Waals surface area contributed by atoms with Crippen molar-refractivity contribution < 1.29 is 9.53 Å². The number of hydrogen-bond donors (Lipinski definition) is 1. The van der Waals surface area contributed by atoms with Crippen LogP contribution >= 0.6 is 0 Å². The summed E-state index contributed by atoms with van der Waals surface area (Å²) in [4.78, 5) is 12.3. The minimum atomic E-state index is -0.00799. The van der Waals surface area contributed by atoms with Gasteiger partial charge in [-0.1, -0.05) is 42.5 Å². The number of ether oxygens (including phenoxy) is 1. The van der Waals surface area contributed by atoms with Gasteiger partial charge >= 0.3 is 0 Å². The van der Waals surface area contributed by atoms with Crippen molar-refractivity contribution in [1.82, 2.24) is 0 Å². The van der Waals surface area contributed by atoms with Crippen LogP contribution in [0.1, 0.15) is 15.9 Å². The Morgan fingerprint density at radius 2 is 1.32 bits per heavy atom. The Morgan fingerprint density at radius 3 is 2.00 bits per heavy atom. The average Bonchev–Trinajstić information content (AvgIpc) is 2.58. The number of ketones is 1. The lowest BCUT2D eigenvalue weighted by atomic mass is 10.0. The highest BCUT2D eigenvalue weighted by Crippen LogP contribution is 2.27. The fourth-order valence-electron chi connectivity index (χ4n) is 2.13. The van der Waals surface area contributed by atoms with E-state index in [9.17, 15) is 4.79 Å². The van der Waals surface area contributed by atoms with Gasteiger partial charge in [0.05, 0.1) is 5.69 Å². The van der Waals surface area contributed by atoms with Crippen LogP contribution in [-0.2, 0) is 0 Å². The van der Waals surface area contributed by atoms with Crippen molar-refractivity contribution >= 4 is 11.5 Å². The molecule has 0 unspecified atom stereocenters. The molecule has 0 amide bonds. The number of carbonyl (C=O) groups excluding carboxylic acids is 1. The lowest BCUT2D eigenvalue weighted by Crippen LogP contribution is -2.00. The maximum absolute atomic E-state index is 12.3. The molecule has 3 heteroatoms. The molecule has 3 aromatic carbocycles. The first-order valence-corrected chi connectivity index (χ1v) is 6.96. The van der Waals surface area contributed by atoms with Gasteiger partial charge in [-0.2, -0.15) is 0 Å². The third-order valence-electron chi connectivity index (χ3n) is 3.30. The summed E-state index contributed by atoms with van der Waals surface area (Å²) in [5.41, 5.74) is 7.71. The molecule has 0 bridgehead atoms. The molecule has 0 atom stereocenters. The second-order valence-corrected chi connectivity index (χ2v) is 4.86. The first-order chi connectivity index (χ1) is 10.7. The van der Waals surface area contributed by atoms with Gasteiger partial charge in [0, 0.05) is 11.1 Å². The first-order valence-electron chi connectivity index (χ1n) is 6.96. The van der Waals surface area contributed by atoms with Crippen LogP contribution in [0.15, 0.2) is 78.9 Å². The molecule has 0 heterocycles. The number of hydrogen-bond acceptors (Lipinski definition) is 3. The molecule has 0 saturated carbocycles. The van der Waals surface area contributed by atoms with Crippen molar-refractivity contribution in [3.8, 4) is 11.5 Å². The smallest absolute Gasteiger partial charge is 0.193 e. The van der Waals surface area contributed by atoms with Gasteiger partial charge < -0.3 is 10.5 Å². The number of rotatable bonds is 4. The van der Waals surface area contributed by atoms with Gasteiger partial charge in [0.15, 0.2) is 5.78 Å². The molecule has 0 saturated heterocycles. The van der Waals surface area contributed by atoms with Crippen LogP contribution in [0.3, 0.4) is 0 Å². The van der Waals surface area contributed by atoms with Crippen LogP contribution in [0.5, 0.6) is 11.5 Å². The Bertz CT molecular complexity index is 780. The van der Waals surface area contributed by atoms with Crippen LogP contribution < -0.4 is 10.5 Å². The molecule has 22 heavy (non-hydrogen) atoms. The van der Waals surface area contributed by atoms with E-state index < -0.39 is 0 Å². The van der Waals surface area contributed by atoms with Crippen molar-refractivity contribution in [3.05, 3.63) is 90.0 Å². The highest BCUT2D eigenvalue weighted by molar-refractivity contribution is 6.08. The number of nitrogen functional groups attached to an aromatic ring is 1. The molecule has 3 nitrogen and oxygen atoms in total. The van der Waals surface area contributed by atoms with Crippen molar-refractivity contribution in [1.29, 1.82) is 0 Å². The predicted molar refractivity (Wildman–Crippen MR) is 87.2 cm³/mol. The van der Waals surface area contributed by atoms with E-state index in [0.717, 1.165) is 0 Å². The second-order valence-electron chi connectivity index (χ2n) is 4.86. The number of carbonyl (C=O) groups is 1. The Hall–Kier alpha value is -3.07. The maximum atomic E-state index is 12.3. The zero-order chi connectivity index (χ0) is 15.4. The van der Waals surface area contributed by atoms with E-state index in [4.69, 9.17) is 10.5 Å². The zero-order valence-electron chi connectivity index (χ0n) is 11.9. The fourth-order valence-corrected chi connectivity index (χ4v) is 2.13. The number of benzene rings is 3. The normalized spacial score (nSPS) is 10.2. The van der Waals surface area contributed by atoms with Gasteiger partial charge in [0.25, 0.3) is 0 Å². The third kappa shape index (κ3) is 2.99. The SMILES string of the molecule is Nc1ccccc1Oc1ccc(C(=O)c2ccccc2)cc1. The van der Waals surface area contributed by atoms with Gasteiger partial charge in [0.1, 0.15) is 11.5 Å². The molecule has 0 aliphatic heterocycles. The van der Waals surface area contributed by atoms with Crippen molar-refractivity contribution in [2.45, 2.75) is 0 Å². The summed E-state index contributed by atoms with van der Waals surface area (Å²) >= 11 is 0. The monoisotopic (exact) mass is 289 g/mol. The summed E-state index contributed by atoms with van der Waals surface area (Å²) in [5, 5.41) is 0. The van der Waals surface area contributed by atoms with Crippen molar-refractivity contribution in [2.75, 3.05) is 5.73 Å². The fraction of sp³-hybridized carbons (Fsp3) is 0. The summed E-state index contributed by atoms with van der Waals surface area (Å²) in [5.74, 6) is 1.23. The quantitative estimate of drug-likeness (QED) is 0.575. The molecule has 0 fully saturated rings. The molecule has 0 aliphatic rings. The Morgan fingerprint density at radius 1 is 0.727 bits per heavy atom. The van der Waals surface area contributed by atoms with Crippen molar-refractivity contribution in [3.63, 3.8) is 0 Å². The van der Waals surface area contributed by atoms with Crippen LogP contribution in [-0.4, -0.2) is 5.78 Å². The number of anilines is 1. The molecule has 2 N–H and O–H groups in total. The summed E-state index contributed by atoms with van der Waals surface area (Å²) in [6.07, 6.45) is 0. The van der Waals surface area contributed by atoms with E-state index in [1.54, 1.807) is 48.5 Å². The molecule has 0 aromatic heterocycles. The second kappa shape index (κ2) is 6.14. The highest BCUT2D eigenvalue weighted by atomic mass is 16.5. The van der Waals surface area contributed by atoms with Crippen molar-refractivity contribution in [2.24, 2.45) is 0 Å². The van der Waals surface area contributed by atoms with Crippen LogP contribution in [0, 0.1) is 0 Å². The van der Waals surface area contributed by atoms with Crippen LogP contribution in [0.2, 0.25) is 0 Å². The third-order valence-corrected chi connectivity index (χ3v) is 3.30. The average molecular weight is 289 g/mol. The Balaban J connectivity index is 1.79. The molecular formula is C19H15NO2. The summed E-state index contributed by atoms with van der Waals surface area (Å²) in [7, 11) is 0. The molecule has 3 rings (SSSR count). The topological polar surface area (TPSA) is 52.3 Å². The molecule has 0 radical (unpaired) electrons. The minimum Gasteiger partial charge on any atom is -0.455 e. The van der Waals surface area contributed by atoms with E-state index in [0.29, 0.717) is 28.3 Å². The number of nitrogens with two attached hydrogens (primary N) is 1. The lowest BCUT2D eigenvalue weighted by molar-refractivity contribution is 0.103. The van der Waals surface area contributed by atoms with E-state index >= 15 is 0 Å². The summed E-state index contributed by atoms with van der Waals surface area (Å²) < 4.78 is 5.71.